The maximum absolute atomic E-state index is 12.5. The normalized spacial score (nSPS) is 19.5. The molecule has 1 aliphatic heterocycles. The zero-order valence-electron chi connectivity index (χ0n) is 12.4. The summed E-state index contributed by atoms with van der Waals surface area (Å²) in [6, 6.07) is 0.431. The number of carbonyl (C=O) groups excluding carboxylic acids is 1. The van der Waals surface area contributed by atoms with Gasteiger partial charge >= 0.3 is 0 Å². The molecule has 1 aliphatic rings. The van der Waals surface area contributed by atoms with Crippen molar-refractivity contribution in [2.75, 3.05) is 20.1 Å². The van der Waals surface area contributed by atoms with Gasteiger partial charge in [-0.3, -0.25) is 9.48 Å². The first-order chi connectivity index (χ1) is 9.00. The van der Waals surface area contributed by atoms with Crippen molar-refractivity contribution in [1.82, 2.24) is 20.0 Å². The molecule has 1 aromatic heterocycles. The number of nitrogens with one attached hydrogen (secondary N) is 1. The summed E-state index contributed by atoms with van der Waals surface area (Å²) in [6.07, 6.45) is 3.66. The van der Waals surface area contributed by atoms with Gasteiger partial charge in [0.25, 0.3) is 5.91 Å². The number of amides is 1. The fraction of sp³-hybridized carbons (Fsp3) is 0.714. The van der Waals surface area contributed by atoms with Crippen LogP contribution < -0.4 is 5.32 Å². The minimum absolute atomic E-state index is 0.0791. The lowest BCUT2D eigenvalue weighted by Gasteiger charge is -2.28. The number of rotatable bonds is 3. The lowest BCUT2D eigenvalue weighted by atomic mass is 10.0. The van der Waals surface area contributed by atoms with Crippen molar-refractivity contribution in [2.24, 2.45) is 7.05 Å². The number of carbonyl (C=O) groups is 1. The van der Waals surface area contributed by atoms with Gasteiger partial charge in [0.05, 0.1) is 11.3 Å². The molecule has 1 unspecified atom stereocenters. The highest BCUT2D eigenvalue weighted by Crippen LogP contribution is 2.15. The van der Waals surface area contributed by atoms with Crippen LogP contribution in [0, 0.1) is 13.8 Å². The molecule has 0 aromatic carbocycles. The first-order valence-corrected chi connectivity index (χ1v) is 6.99. The SMILES string of the molecule is Cc1nn(C)c(C)c1C(=O)N(C)CC1CCCCN1. The van der Waals surface area contributed by atoms with E-state index in [0.29, 0.717) is 6.04 Å². The van der Waals surface area contributed by atoms with Gasteiger partial charge in [0.2, 0.25) is 0 Å². The zero-order chi connectivity index (χ0) is 14.0. The van der Waals surface area contributed by atoms with Gasteiger partial charge in [0.1, 0.15) is 0 Å². The highest BCUT2D eigenvalue weighted by Gasteiger charge is 2.23. The maximum atomic E-state index is 12.5. The standard InChI is InChI=1S/C14H24N4O/c1-10-13(11(2)18(4)16-10)14(19)17(3)9-12-7-5-6-8-15-12/h12,15H,5-9H2,1-4H3. The molecule has 0 aliphatic carbocycles. The van der Waals surface area contributed by atoms with E-state index in [1.54, 1.807) is 4.68 Å². The van der Waals surface area contributed by atoms with Gasteiger partial charge in [0, 0.05) is 32.4 Å². The lowest BCUT2D eigenvalue weighted by Crippen LogP contribution is -2.44. The van der Waals surface area contributed by atoms with E-state index < -0.39 is 0 Å². The summed E-state index contributed by atoms with van der Waals surface area (Å²) in [5.74, 6) is 0.0791. The Labute approximate surface area is 115 Å². The second-order valence-electron chi connectivity index (χ2n) is 5.50. The molecule has 5 heteroatoms. The van der Waals surface area contributed by atoms with E-state index >= 15 is 0 Å². The Morgan fingerprint density at radius 3 is 2.74 bits per heavy atom. The molecular formula is C14H24N4O. The van der Waals surface area contributed by atoms with Crippen molar-refractivity contribution in [3.05, 3.63) is 17.0 Å². The summed E-state index contributed by atoms with van der Waals surface area (Å²) in [6.45, 7) is 5.68. The second-order valence-corrected chi connectivity index (χ2v) is 5.50. The summed E-state index contributed by atoms with van der Waals surface area (Å²) < 4.78 is 1.77. The van der Waals surface area contributed by atoms with E-state index in [0.717, 1.165) is 36.5 Å². The molecule has 0 spiro atoms. The third-order valence-corrected chi connectivity index (χ3v) is 3.98. The third-order valence-electron chi connectivity index (χ3n) is 3.98. The number of nitrogens with zero attached hydrogens (tertiary/aromatic N) is 3. The first kappa shape index (κ1) is 14.1. The molecule has 1 aromatic rings. The fourth-order valence-corrected chi connectivity index (χ4v) is 2.77. The van der Waals surface area contributed by atoms with E-state index in [2.05, 4.69) is 10.4 Å². The Morgan fingerprint density at radius 1 is 1.47 bits per heavy atom. The van der Waals surface area contributed by atoms with E-state index in [9.17, 15) is 4.79 Å². The highest BCUT2D eigenvalue weighted by molar-refractivity contribution is 5.96. The summed E-state index contributed by atoms with van der Waals surface area (Å²) >= 11 is 0. The Balaban J connectivity index is 2.05. The van der Waals surface area contributed by atoms with Crippen LogP contribution in [0.15, 0.2) is 0 Å². The van der Waals surface area contributed by atoms with Gasteiger partial charge < -0.3 is 10.2 Å². The number of hydrogen-bond acceptors (Lipinski definition) is 3. The van der Waals surface area contributed by atoms with Crippen molar-refractivity contribution in [1.29, 1.82) is 0 Å². The smallest absolute Gasteiger partial charge is 0.257 e. The van der Waals surface area contributed by atoms with Crippen LogP contribution in [0.5, 0.6) is 0 Å². The summed E-state index contributed by atoms with van der Waals surface area (Å²) in [5.41, 5.74) is 2.50. The molecule has 1 saturated heterocycles. The van der Waals surface area contributed by atoms with Crippen LogP contribution in [-0.2, 0) is 7.05 Å². The first-order valence-electron chi connectivity index (χ1n) is 6.99. The average Bonchev–Trinajstić information content (AvgIpc) is 2.63. The molecule has 0 saturated carbocycles. The molecule has 1 atom stereocenters. The fourth-order valence-electron chi connectivity index (χ4n) is 2.77. The maximum Gasteiger partial charge on any atom is 0.257 e. The van der Waals surface area contributed by atoms with E-state index in [4.69, 9.17) is 0 Å². The quantitative estimate of drug-likeness (QED) is 0.894. The Kier molecular flexibility index (Phi) is 4.24. The topological polar surface area (TPSA) is 50.2 Å². The third kappa shape index (κ3) is 2.97. The van der Waals surface area contributed by atoms with Crippen LogP contribution in [-0.4, -0.2) is 46.8 Å². The van der Waals surface area contributed by atoms with E-state index in [1.165, 1.54) is 12.8 Å². The molecule has 1 fully saturated rings. The average molecular weight is 264 g/mol. The molecule has 1 amide bonds. The van der Waals surface area contributed by atoms with Crippen molar-refractivity contribution in [2.45, 2.75) is 39.2 Å². The molecule has 106 valence electrons. The van der Waals surface area contributed by atoms with Crippen molar-refractivity contribution in [3.8, 4) is 0 Å². The van der Waals surface area contributed by atoms with Gasteiger partial charge in [-0.1, -0.05) is 6.42 Å². The van der Waals surface area contributed by atoms with E-state index in [1.807, 2.05) is 32.8 Å². The van der Waals surface area contributed by atoms with Gasteiger partial charge in [-0.05, 0) is 33.2 Å². The number of aryl methyl sites for hydroxylation is 2. The summed E-state index contributed by atoms with van der Waals surface area (Å²) in [7, 11) is 3.76. The van der Waals surface area contributed by atoms with Crippen molar-refractivity contribution >= 4 is 5.91 Å². The Morgan fingerprint density at radius 2 is 2.21 bits per heavy atom. The number of aromatic nitrogens is 2. The largest absolute Gasteiger partial charge is 0.340 e. The lowest BCUT2D eigenvalue weighted by molar-refractivity contribution is 0.0774. The minimum Gasteiger partial charge on any atom is -0.340 e. The molecule has 19 heavy (non-hydrogen) atoms. The number of hydrogen-bond donors (Lipinski definition) is 1. The minimum atomic E-state index is 0.0791. The second kappa shape index (κ2) is 5.74. The molecular weight excluding hydrogens is 240 g/mol. The summed E-state index contributed by atoms with van der Waals surface area (Å²) in [5, 5.41) is 7.79. The van der Waals surface area contributed by atoms with Crippen LogP contribution in [0.1, 0.15) is 41.0 Å². The zero-order valence-corrected chi connectivity index (χ0v) is 12.4. The number of piperidine rings is 1. The summed E-state index contributed by atoms with van der Waals surface area (Å²) in [4.78, 5) is 14.3. The monoisotopic (exact) mass is 264 g/mol. The van der Waals surface area contributed by atoms with Crippen LogP contribution in [0.3, 0.4) is 0 Å². The molecule has 0 bridgehead atoms. The van der Waals surface area contributed by atoms with Crippen LogP contribution in [0.2, 0.25) is 0 Å². The van der Waals surface area contributed by atoms with Crippen LogP contribution >= 0.6 is 0 Å². The molecule has 1 N–H and O–H groups in total. The van der Waals surface area contributed by atoms with Crippen molar-refractivity contribution in [3.63, 3.8) is 0 Å². The molecule has 2 heterocycles. The van der Waals surface area contributed by atoms with Gasteiger partial charge in [-0.2, -0.15) is 5.10 Å². The predicted molar refractivity (Wildman–Crippen MR) is 75.3 cm³/mol. The van der Waals surface area contributed by atoms with Crippen LogP contribution in [0.4, 0.5) is 0 Å². The van der Waals surface area contributed by atoms with Gasteiger partial charge in [-0.15, -0.1) is 0 Å². The van der Waals surface area contributed by atoms with Gasteiger partial charge in [-0.25, -0.2) is 0 Å². The van der Waals surface area contributed by atoms with E-state index in [-0.39, 0.29) is 5.91 Å². The number of likely N-dealkylation sites (N-methyl/N-ethyl adjacent to an activating group) is 1. The van der Waals surface area contributed by atoms with Gasteiger partial charge in [0.15, 0.2) is 0 Å². The van der Waals surface area contributed by atoms with Crippen LogP contribution in [0.25, 0.3) is 0 Å². The van der Waals surface area contributed by atoms with Crippen molar-refractivity contribution < 1.29 is 4.79 Å². The Bertz CT molecular complexity index is 460. The highest BCUT2D eigenvalue weighted by atomic mass is 16.2. The molecule has 2 rings (SSSR count). The predicted octanol–water partition coefficient (Wildman–Crippen LogP) is 1.25. The Hall–Kier alpha value is -1.36. The molecule has 5 nitrogen and oxygen atoms in total. The molecule has 0 radical (unpaired) electrons.